The zero-order valence-corrected chi connectivity index (χ0v) is 22.7. The summed E-state index contributed by atoms with van der Waals surface area (Å²) in [5.74, 6) is -3.15. The Morgan fingerprint density at radius 3 is 2.54 bits per heavy atom. The summed E-state index contributed by atoms with van der Waals surface area (Å²) in [7, 11) is 3.19. The summed E-state index contributed by atoms with van der Waals surface area (Å²) in [4.78, 5) is 24.5. The van der Waals surface area contributed by atoms with Crippen molar-refractivity contribution in [2.45, 2.75) is 39.8 Å². The lowest BCUT2D eigenvalue weighted by molar-refractivity contribution is 0.0182. The van der Waals surface area contributed by atoms with Crippen molar-refractivity contribution in [1.82, 2.24) is 30.0 Å². The second-order valence-corrected chi connectivity index (χ2v) is 9.56. The van der Waals surface area contributed by atoms with Crippen LogP contribution in [0.15, 0.2) is 42.6 Å². The maximum absolute atomic E-state index is 13.9. The van der Waals surface area contributed by atoms with Crippen molar-refractivity contribution in [2.75, 3.05) is 32.5 Å². The van der Waals surface area contributed by atoms with Gasteiger partial charge >= 0.3 is 0 Å². The molecule has 1 aromatic carbocycles. The summed E-state index contributed by atoms with van der Waals surface area (Å²) in [5.41, 5.74) is 4.77. The van der Waals surface area contributed by atoms with Gasteiger partial charge in [-0.3, -0.25) is 9.48 Å². The van der Waals surface area contributed by atoms with E-state index in [4.69, 9.17) is 0 Å². The zero-order valence-electron chi connectivity index (χ0n) is 22.7. The number of aromatic hydroxyl groups is 1. The number of phenols is 1. The molecule has 0 saturated heterocycles. The number of nitrogens with one attached hydrogen (secondary N) is 2. The number of rotatable bonds is 10. The van der Waals surface area contributed by atoms with Crippen LogP contribution in [-0.2, 0) is 13.1 Å². The van der Waals surface area contributed by atoms with Crippen LogP contribution in [0.3, 0.4) is 0 Å². The van der Waals surface area contributed by atoms with Gasteiger partial charge in [-0.25, -0.2) is 18.7 Å². The van der Waals surface area contributed by atoms with Gasteiger partial charge in [-0.2, -0.15) is 5.10 Å². The number of halogens is 2. The van der Waals surface area contributed by atoms with Gasteiger partial charge < -0.3 is 20.6 Å². The number of pyridine rings is 2. The molecule has 0 aliphatic heterocycles. The third-order valence-corrected chi connectivity index (χ3v) is 6.60. The number of phenolic OH excluding ortho intramolecular Hbond substituents is 1. The van der Waals surface area contributed by atoms with Gasteiger partial charge in [-0.1, -0.05) is 0 Å². The highest BCUT2D eigenvalue weighted by Crippen LogP contribution is 2.29. The second kappa shape index (κ2) is 11.3. The number of hydrogen-bond donors (Lipinski definition) is 3. The van der Waals surface area contributed by atoms with E-state index < -0.39 is 19.0 Å². The van der Waals surface area contributed by atoms with E-state index in [1.165, 1.54) is 19.2 Å². The lowest BCUT2D eigenvalue weighted by Crippen LogP contribution is -2.37. The van der Waals surface area contributed by atoms with Crippen molar-refractivity contribution in [2.24, 2.45) is 0 Å². The van der Waals surface area contributed by atoms with Gasteiger partial charge in [0.1, 0.15) is 5.75 Å². The molecule has 0 atom stereocenters. The minimum absolute atomic E-state index is 0.0216. The topological polar surface area (TPSA) is 108 Å². The fourth-order valence-electron chi connectivity index (χ4n) is 4.45. The molecule has 3 N–H and O–H groups in total. The Labute approximate surface area is 225 Å². The number of aryl methyl sites for hydroxylation is 2. The van der Waals surface area contributed by atoms with Crippen molar-refractivity contribution >= 4 is 22.5 Å². The van der Waals surface area contributed by atoms with E-state index in [-0.39, 0.29) is 11.7 Å². The fraction of sp³-hybridized carbons (Fsp3) is 0.357. The van der Waals surface area contributed by atoms with E-state index >= 15 is 0 Å². The molecule has 3 heterocycles. The van der Waals surface area contributed by atoms with Crippen LogP contribution in [0.25, 0.3) is 22.3 Å². The molecule has 4 aromatic rings. The molecular weight excluding hydrogens is 504 g/mol. The van der Waals surface area contributed by atoms with Crippen molar-refractivity contribution in [1.29, 1.82) is 0 Å². The van der Waals surface area contributed by atoms with Gasteiger partial charge in [-0.15, -0.1) is 0 Å². The smallest absolute Gasteiger partial charge is 0.277 e. The van der Waals surface area contributed by atoms with Gasteiger partial charge in [0, 0.05) is 36.8 Å². The Balaban J connectivity index is 1.67. The number of anilines is 1. The molecule has 0 saturated carbocycles. The zero-order chi connectivity index (χ0) is 28.3. The molecule has 11 heteroatoms. The number of nitrogens with zero attached hydrogens (tertiary/aromatic N) is 5. The molecule has 0 unspecified atom stereocenters. The van der Waals surface area contributed by atoms with E-state index in [2.05, 4.69) is 25.7 Å². The predicted octanol–water partition coefficient (Wildman–Crippen LogP) is 4.37. The predicted molar refractivity (Wildman–Crippen MR) is 147 cm³/mol. The molecule has 39 heavy (non-hydrogen) atoms. The Bertz CT molecular complexity index is 1500. The van der Waals surface area contributed by atoms with E-state index in [1.807, 2.05) is 18.5 Å². The Kier molecular flexibility index (Phi) is 8.10. The SMILES string of the molecule is CCn1ncc(CN(C)C(=O)c2cc(-c3ccc(NCC(F)(F)CNC)c(C)n3)nc3ccc(O)cc23)c1C. The highest BCUT2D eigenvalue weighted by atomic mass is 19.3. The summed E-state index contributed by atoms with van der Waals surface area (Å²) in [6, 6.07) is 9.69. The first-order chi connectivity index (χ1) is 18.5. The molecule has 4 rings (SSSR count). The lowest BCUT2D eigenvalue weighted by atomic mass is 10.0. The summed E-state index contributed by atoms with van der Waals surface area (Å²) >= 11 is 0. The van der Waals surface area contributed by atoms with Crippen LogP contribution in [0, 0.1) is 13.8 Å². The minimum atomic E-state index is -2.92. The molecule has 0 aliphatic carbocycles. The Morgan fingerprint density at radius 2 is 1.87 bits per heavy atom. The average molecular weight is 538 g/mol. The average Bonchev–Trinajstić information content (AvgIpc) is 3.25. The molecule has 0 fully saturated rings. The number of carbonyl (C=O) groups is 1. The first-order valence-corrected chi connectivity index (χ1v) is 12.7. The third-order valence-electron chi connectivity index (χ3n) is 6.60. The second-order valence-electron chi connectivity index (χ2n) is 9.56. The molecule has 0 bridgehead atoms. The Morgan fingerprint density at radius 1 is 1.10 bits per heavy atom. The van der Waals surface area contributed by atoms with Crippen LogP contribution in [0.5, 0.6) is 5.75 Å². The molecule has 0 spiro atoms. The number of benzene rings is 1. The molecule has 3 aromatic heterocycles. The molecule has 1 amide bonds. The van der Waals surface area contributed by atoms with E-state index in [0.717, 1.165) is 17.8 Å². The molecule has 0 aliphatic rings. The standard InChI is InChI=1S/C28H33F2N7O2/c1-6-37-18(3)19(13-33-37)14-36(5)27(39)22-12-26(35-24-8-7-20(38)11-21(22)24)25-10-9-23(17(2)34-25)32-16-28(29,30)15-31-4/h7-13,31-32,38H,6,14-16H2,1-5H3. The van der Waals surface area contributed by atoms with Crippen LogP contribution in [0.1, 0.15) is 34.2 Å². The monoisotopic (exact) mass is 537 g/mol. The number of carbonyl (C=O) groups excluding carboxylic acids is 1. The summed E-state index contributed by atoms with van der Waals surface area (Å²) in [5, 5.41) is 20.3. The van der Waals surface area contributed by atoms with Gasteiger partial charge in [-0.05, 0) is 64.2 Å². The molecule has 0 radical (unpaired) electrons. The quantitative estimate of drug-likeness (QED) is 0.276. The highest BCUT2D eigenvalue weighted by Gasteiger charge is 2.27. The maximum Gasteiger partial charge on any atom is 0.277 e. The Hall–Kier alpha value is -4.12. The minimum Gasteiger partial charge on any atom is -0.508 e. The normalized spacial score (nSPS) is 11.7. The molecular formula is C28H33F2N7O2. The number of fused-ring (bicyclic) bond motifs is 1. The van der Waals surface area contributed by atoms with Crippen molar-refractivity contribution in [3.05, 3.63) is 65.1 Å². The van der Waals surface area contributed by atoms with Gasteiger partial charge in [0.15, 0.2) is 0 Å². The van der Waals surface area contributed by atoms with E-state index in [9.17, 15) is 18.7 Å². The van der Waals surface area contributed by atoms with Crippen molar-refractivity contribution < 1.29 is 18.7 Å². The summed E-state index contributed by atoms with van der Waals surface area (Å²) in [6.45, 7) is 5.82. The van der Waals surface area contributed by atoms with Crippen molar-refractivity contribution in [3.8, 4) is 17.1 Å². The van der Waals surface area contributed by atoms with Crippen LogP contribution >= 0.6 is 0 Å². The first-order valence-electron chi connectivity index (χ1n) is 12.7. The van der Waals surface area contributed by atoms with E-state index in [0.29, 0.717) is 45.8 Å². The van der Waals surface area contributed by atoms with E-state index in [1.54, 1.807) is 49.3 Å². The fourth-order valence-corrected chi connectivity index (χ4v) is 4.45. The van der Waals surface area contributed by atoms with Crippen LogP contribution in [-0.4, -0.2) is 68.8 Å². The largest absolute Gasteiger partial charge is 0.508 e. The van der Waals surface area contributed by atoms with Gasteiger partial charge in [0.2, 0.25) is 0 Å². The number of hydrogen-bond acceptors (Lipinski definition) is 7. The molecule has 9 nitrogen and oxygen atoms in total. The summed E-state index contributed by atoms with van der Waals surface area (Å²) < 4.78 is 29.7. The van der Waals surface area contributed by atoms with Gasteiger partial charge in [0.25, 0.3) is 11.8 Å². The van der Waals surface area contributed by atoms with Crippen LogP contribution in [0.2, 0.25) is 0 Å². The first kappa shape index (κ1) is 27.9. The molecule has 206 valence electrons. The third kappa shape index (κ3) is 6.14. The number of aromatic nitrogens is 4. The number of amides is 1. The van der Waals surface area contributed by atoms with Gasteiger partial charge in [0.05, 0.1) is 53.1 Å². The van der Waals surface area contributed by atoms with Crippen LogP contribution < -0.4 is 10.6 Å². The highest BCUT2D eigenvalue weighted by molar-refractivity contribution is 6.07. The van der Waals surface area contributed by atoms with Crippen LogP contribution in [0.4, 0.5) is 14.5 Å². The van der Waals surface area contributed by atoms with Crippen molar-refractivity contribution in [3.63, 3.8) is 0 Å². The summed E-state index contributed by atoms with van der Waals surface area (Å²) in [6.07, 6.45) is 1.77. The lowest BCUT2D eigenvalue weighted by Gasteiger charge is -2.19. The number of alkyl halides is 2. The maximum atomic E-state index is 13.9.